The Balaban J connectivity index is 1.74. The van der Waals surface area contributed by atoms with Crippen LogP contribution >= 0.6 is 27.3 Å². The molecule has 0 aliphatic heterocycles. The number of esters is 1. The molecule has 0 amide bonds. The molecule has 110 valence electrons. The number of aryl methyl sites for hydroxylation is 1. The van der Waals surface area contributed by atoms with E-state index in [0.29, 0.717) is 4.88 Å². The van der Waals surface area contributed by atoms with Gasteiger partial charge in [-0.05, 0) is 36.8 Å². The summed E-state index contributed by atoms with van der Waals surface area (Å²) in [5.74, 6) is -0.353. The first-order valence-electron chi connectivity index (χ1n) is 6.54. The first kappa shape index (κ1) is 15.9. The highest BCUT2D eigenvalue weighted by molar-refractivity contribution is 9.10. The van der Waals surface area contributed by atoms with Crippen LogP contribution in [0.4, 0.5) is 0 Å². The number of thiophene rings is 1. The summed E-state index contributed by atoms with van der Waals surface area (Å²) < 4.78 is 6.14. The van der Waals surface area contributed by atoms with E-state index in [4.69, 9.17) is 4.74 Å². The van der Waals surface area contributed by atoms with Crippen molar-refractivity contribution in [1.82, 2.24) is 0 Å². The van der Waals surface area contributed by atoms with Gasteiger partial charge in [0.05, 0.1) is 11.3 Å². The van der Waals surface area contributed by atoms with Gasteiger partial charge >= 0.3 is 5.97 Å². The zero-order valence-corrected chi connectivity index (χ0v) is 14.0. The first-order chi connectivity index (χ1) is 10.0. The van der Waals surface area contributed by atoms with Crippen LogP contribution in [0.1, 0.15) is 33.0 Å². The van der Waals surface area contributed by atoms with Crippen molar-refractivity contribution in [2.24, 2.45) is 0 Å². The van der Waals surface area contributed by atoms with Crippen LogP contribution in [0.5, 0.6) is 0 Å². The average molecular weight is 367 g/mol. The molecule has 0 N–H and O–H groups in total. The maximum absolute atomic E-state index is 11.9. The van der Waals surface area contributed by atoms with Crippen molar-refractivity contribution in [2.45, 2.75) is 26.4 Å². The van der Waals surface area contributed by atoms with Crippen LogP contribution in [0, 0.1) is 6.92 Å². The maximum Gasteiger partial charge on any atom is 0.306 e. The van der Waals surface area contributed by atoms with Gasteiger partial charge in [0.1, 0.15) is 6.61 Å². The van der Waals surface area contributed by atoms with Crippen molar-refractivity contribution < 1.29 is 14.3 Å². The molecule has 0 fully saturated rings. The van der Waals surface area contributed by atoms with Crippen LogP contribution in [0.25, 0.3) is 0 Å². The van der Waals surface area contributed by atoms with Crippen molar-refractivity contribution in [3.63, 3.8) is 0 Å². The molecule has 0 radical (unpaired) electrons. The fraction of sp³-hybridized carbons (Fsp3) is 0.250. The lowest BCUT2D eigenvalue weighted by atomic mass is 10.2. The Morgan fingerprint density at radius 2 is 1.81 bits per heavy atom. The molecule has 0 saturated heterocycles. The zero-order valence-electron chi connectivity index (χ0n) is 11.6. The molecule has 0 bridgehead atoms. The highest BCUT2D eigenvalue weighted by Gasteiger charge is 2.11. The van der Waals surface area contributed by atoms with Crippen LogP contribution in [0.15, 0.2) is 40.9 Å². The van der Waals surface area contributed by atoms with E-state index in [2.05, 4.69) is 15.9 Å². The smallest absolute Gasteiger partial charge is 0.306 e. The minimum absolute atomic E-state index is 0.00584. The number of ether oxygens (including phenoxy) is 1. The predicted molar refractivity (Wildman–Crippen MR) is 86.6 cm³/mol. The molecule has 1 aromatic carbocycles. The topological polar surface area (TPSA) is 43.4 Å². The van der Waals surface area contributed by atoms with Gasteiger partial charge in [-0.15, -0.1) is 11.3 Å². The highest BCUT2D eigenvalue weighted by atomic mass is 79.9. The molecular weight excluding hydrogens is 352 g/mol. The van der Waals surface area contributed by atoms with E-state index in [1.54, 1.807) is 6.07 Å². The van der Waals surface area contributed by atoms with Gasteiger partial charge in [-0.2, -0.15) is 0 Å². The Bertz CT molecular complexity index is 631. The van der Waals surface area contributed by atoms with E-state index >= 15 is 0 Å². The summed E-state index contributed by atoms with van der Waals surface area (Å²) in [6.45, 7) is 2.19. The molecule has 1 aromatic heterocycles. The molecule has 0 saturated carbocycles. The largest absolute Gasteiger partial charge is 0.461 e. The Kier molecular flexibility index (Phi) is 5.70. The molecule has 2 aromatic rings. The van der Waals surface area contributed by atoms with Gasteiger partial charge in [0.25, 0.3) is 0 Å². The van der Waals surface area contributed by atoms with Gasteiger partial charge < -0.3 is 4.74 Å². The predicted octanol–water partition coefficient (Wildman–Crippen LogP) is 4.53. The summed E-state index contributed by atoms with van der Waals surface area (Å²) >= 11 is 4.80. The fourth-order valence-electron chi connectivity index (χ4n) is 1.74. The number of benzene rings is 1. The third-order valence-corrected chi connectivity index (χ3v) is 4.45. The van der Waals surface area contributed by atoms with Gasteiger partial charge in [0.2, 0.25) is 0 Å². The monoisotopic (exact) mass is 366 g/mol. The lowest BCUT2D eigenvalue weighted by Gasteiger charge is -2.04. The first-order valence-corrected chi connectivity index (χ1v) is 8.15. The fourth-order valence-corrected chi connectivity index (χ4v) is 2.84. The third-order valence-electron chi connectivity index (χ3n) is 2.88. The Hall–Kier alpha value is -1.46. The van der Waals surface area contributed by atoms with Crippen molar-refractivity contribution in [3.05, 3.63) is 56.2 Å². The molecule has 1 heterocycles. The Morgan fingerprint density at radius 1 is 1.10 bits per heavy atom. The minimum atomic E-state index is -0.348. The number of hydrogen-bond acceptors (Lipinski definition) is 4. The molecule has 0 aliphatic rings. The highest BCUT2D eigenvalue weighted by Crippen LogP contribution is 2.18. The third kappa shape index (κ3) is 5.10. The number of carbonyl (C=O) groups excluding carboxylic acids is 2. The number of Topliss-reactive ketones (excluding diaryl/α,β-unsaturated/α-hetero) is 1. The molecular formula is C16H15BrO3S. The SMILES string of the molecule is Cc1ccc(C(=O)CCC(=O)OCc2ccc(Br)cc2)s1. The second-order valence-electron chi connectivity index (χ2n) is 4.62. The van der Waals surface area contributed by atoms with E-state index in [0.717, 1.165) is 14.9 Å². The summed E-state index contributed by atoms with van der Waals surface area (Å²) in [5, 5.41) is 0. The van der Waals surface area contributed by atoms with Crippen molar-refractivity contribution in [3.8, 4) is 0 Å². The standard InChI is InChI=1S/C16H15BrO3S/c1-11-2-8-15(21-11)14(18)7-9-16(19)20-10-12-3-5-13(17)6-4-12/h2-6,8H,7,9-10H2,1H3. The number of halogens is 1. The summed E-state index contributed by atoms with van der Waals surface area (Å²) in [5.41, 5.74) is 0.923. The number of carbonyl (C=O) groups is 2. The molecule has 0 unspecified atom stereocenters. The molecule has 3 nitrogen and oxygen atoms in total. The van der Waals surface area contributed by atoms with Gasteiger partial charge in [-0.3, -0.25) is 9.59 Å². The maximum atomic E-state index is 11.9. The molecule has 5 heteroatoms. The Labute approximate surface area is 136 Å². The van der Waals surface area contributed by atoms with Crippen LogP contribution in [-0.4, -0.2) is 11.8 Å². The average Bonchev–Trinajstić information content (AvgIpc) is 2.91. The summed E-state index contributed by atoms with van der Waals surface area (Å²) in [7, 11) is 0. The lowest BCUT2D eigenvalue weighted by molar-refractivity contribution is -0.144. The normalized spacial score (nSPS) is 10.4. The van der Waals surface area contributed by atoms with E-state index in [9.17, 15) is 9.59 Å². The minimum Gasteiger partial charge on any atom is -0.461 e. The van der Waals surface area contributed by atoms with E-state index in [-0.39, 0.29) is 31.2 Å². The van der Waals surface area contributed by atoms with E-state index in [1.807, 2.05) is 37.3 Å². The van der Waals surface area contributed by atoms with Crippen molar-refractivity contribution in [2.75, 3.05) is 0 Å². The molecule has 21 heavy (non-hydrogen) atoms. The second-order valence-corrected chi connectivity index (χ2v) is 6.82. The van der Waals surface area contributed by atoms with Crippen LogP contribution in [0.3, 0.4) is 0 Å². The molecule has 0 atom stereocenters. The van der Waals surface area contributed by atoms with Crippen molar-refractivity contribution >= 4 is 39.0 Å². The van der Waals surface area contributed by atoms with Gasteiger partial charge in [0.15, 0.2) is 5.78 Å². The van der Waals surface area contributed by atoms with Gasteiger partial charge in [0, 0.05) is 15.8 Å². The molecule has 0 aliphatic carbocycles. The van der Waals surface area contributed by atoms with Gasteiger partial charge in [-0.25, -0.2) is 0 Å². The molecule has 0 spiro atoms. The summed E-state index contributed by atoms with van der Waals surface area (Å²) in [6.07, 6.45) is 0.311. The molecule has 2 rings (SSSR count). The number of rotatable bonds is 6. The summed E-state index contributed by atoms with van der Waals surface area (Å²) in [4.78, 5) is 25.3. The Morgan fingerprint density at radius 3 is 2.43 bits per heavy atom. The van der Waals surface area contributed by atoms with Crippen LogP contribution < -0.4 is 0 Å². The number of ketones is 1. The van der Waals surface area contributed by atoms with Gasteiger partial charge in [-0.1, -0.05) is 28.1 Å². The second kappa shape index (κ2) is 7.52. The van der Waals surface area contributed by atoms with E-state index in [1.165, 1.54) is 11.3 Å². The van der Waals surface area contributed by atoms with Crippen molar-refractivity contribution in [1.29, 1.82) is 0 Å². The lowest BCUT2D eigenvalue weighted by Crippen LogP contribution is -2.07. The van der Waals surface area contributed by atoms with Crippen LogP contribution in [-0.2, 0) is 16.1 Å². The number of hydrogen-bond donors (Lipinski definition) is 0. The van der Waals surface area contributed by atoms with E-state index < -0.39 is 0 Å². The summed E-state index contributed by atoms with van der Waals surface area (Å²) in [6, 6.07) is 11.3. The zero-order chi connectivity index (χ0) is 15.2. The van der Waals surface area contributed by atoms with Crippen LogP contribution in [0.2, 0.25) is 0 Å². The quantitative estimate of drug-likeness (QED) is 0.557.